The molecule has 0 bridgehead atoms. The molecule has 1 aromatic rings. The maximum Gasteiger partial charge on any atom is 0.237 e. The van der Waals surface area contributed by atoms with Gasteiger partial charge in [-0.1, -0.05) is 39.0 Å². The van der Waals surface area contributed by atoms with Crippen molar-refractivity contribution >= 4 is 33.3 Å². The van der Waals surface area contributed by atoms with E-state index in [1.807, 2.05) is 18.2 Å². The van der Waals surface area contributed by atoms with Crippen LogP contribution < -0.4 is 21.3 Å². The number of anilines is 1. The zero-order chi connectivity index (χ0) is 26.0. The van der Waals surface area contributed by atoms with Crippen LogP contribution in [0.3, 0.4) is 0 Å². The lowest BCUT2D eigenvalue weighted by Crippen LogP contribution is -2.56. The van der Waals surface area contributed by atoms with Crippen LogP contribution in [0.5, 0.6) is 0 Å². The summed E-state index contributed by atoms with van der Waals surface area (Å²) in [4.78, 5) is 38.7. The summed E-state index contributed by atoms with van der Waals surface area (Å²) in [6.07, 6.45) is 0.562. The molecule has 1 aromatic carbocycles. The number of rotatable bonds is 9. The molecule has 0 aliphatic carbocycles. The molecule has 2 fully saturated rings. The summed E-state index contributed by atoms with van der Waals surface area (Å²) >= 11 is 0. The minimum Gasteiger partial charge on any atom is -0.344 e. The van der Waals surface area contributed by atoms with E-state index in [-0.39, 0.29) is 24.4 Å². The first kappa shape index (κ1) is 27.3. The molecular weight excluding hydrogens is 470 g/mol. The molecule has 3 rings (SSSR count). The Labute approximate surface area is 207 Å². The van der Waals surface area contributed by atoms with Crippen LogP contribution in [0.4, 0.5) is 5.69 Å². The van der Waals surface area contributed by atoms with Gasteiger partial charge in [-0.15, -0.1) is 0 Å². The summed E-state index contributed by atoms with van der Waals surface area (Å²) < 4.78 is 28.2. The summed E-state index contributed by atoms with van der Waals surface area (Å²) in [6, 6.07) is 6.79. The predicted molar refractivity (Wildman–Crippen MR) is 134 cm³/mol. The zero-order valence-corrected chi connectivity index (χ0v) is 21.8. The number of likely N-dealkylation sites (N-methyl/N-ethyl adjacent to an activating group) is 1. The highest BCUT2D eigenvalue weighted by Gasteiger charge is 2.51. The zero-order valence-electron chi connectivity index (χ0n) is 21.0. The van der Waals surface area contributed by atoms with E-state index in [1.54, 1.807) is 46.9 Å². The topological polar surface area (TPSA) is 137 Å². The van der Waals surface area contributed by atoms with Crippen LogP contribution in [-0.2, 0) is 24.4 Å². The summed E-state index contributed by atoms with van der Waals surface area (Å²) in [7, 11) is -2.39. The Kier molecular flexibility index (Phi) is 8.36. The molecule has 5 unspecified atom stereocenters. The largest absolute Gasteiger partial charge is 0.344 e. The standard InChI is InChI=1S/C24H37N5O5S/c1-15(25-5)22(31)28-21(24(2,3)4)19(30)14-35(33,34)29-12-11-18-20(29)17(13-26-18)23(32)27-16-9-7-6-8-10-16/h6-10,15,17-18,20-21,25-26H,11-14H2,1-5H3,(H,27,32)(H,28,31). The highest BCUT2D eigenvalue weighted by Crippen LogP contribution is 2.33. The normalized spacial score (nSPS) is 24.4. The molecule has 0 radical (unpaired) electrons. The Morgan fingerprint density at radius 1 is 1.17 bits per heavy atom. The van der Waals surface area contributed by atoms with E-state index in [4.69, 9.17) is 0 Å². The lowest BCUT2D eigenvalue weighted by atomic mass is 9.84. The van der Waals surface area contributed by atoms with Crippen LogP contribution in [0.25, 0.3) is 0 Å². The number of benzene rings is 1. The van der Waals surface area contributed by atoms with Gasteiger partial charge in [0.05, 0.1) is 24.0 Å². The van der Waals surface area contributed by atoms with Crippen molar-refractivity contribution in [2.24, 2.45) is 11.3 Å². The molecule has 4 N–H and O–H groups in total. The van der Waals surface area contributed by atoms with E-state index in [1.165, 1.54) is 4.31 Å². The summed E-state index contributed by atoms with van der Waals surface area (Å²) in [5.74, 6) is -2.53. The number of hydrogen-bond donors (Lipinski definition) is 4. The maximum atomic E-state index is 13.4. The summed E-state index contributed by atoms with van der Waals surface area (Å²) in [5, 5.41) is 11.7. The van der Waals surface area contributed by atoms with Crippen LogP contribution in [0.15, 0.2) is 30.3 Å². The van der Waals surface area contributed by atoms with E-state index in [9.17, 15) is 22.8 Å². The number of nitrogens with zero attached hydrogens (tertiary/aromatic N) is 1. The molecule has 0 saturated carbocycles. The van der Waals surface area contributed by atoms with Crippen molar-refractivity contribution in [1.82, 2.24) is 20.3 Å². The number of carbonyl (C=O) groups is 3. The molecule has 2 saturated heterocycles. The number of ketones is 1. The number of amides is 2. The van der Waals surface area contributed by atoms with Gasteiger partial charge in [0.15, 0.2) is 5.78 Å². The van der Waals surface area contributed by atoms with Crippen molar-refractivity contribution in [2.75, 3.05) is 31.2 Å². The van der Waals surface area contributed by atoms with Gasteiger partial charge in [0.25, 0.3) is 0 Å². The smallest absolute Gasteiger partial charge is 0.237 e. The number of fused-ring (bicyclic) bond motifs is 1. The fourth-order valence-corrected chi connectivity index (χ4v) is 6.48. The molecule has 2 aliphatic rings. The molecule has 2 aliphatic heterocycles. The lowest BCUT2D eigenvalue weighted by molar-refractivity contribution is -0.129. The quantitative estimate of drug-likeness (QED) is 0.378. The second-order valence-electron chi connectivity index (χ2n) is 10.4. The molecular formula is C24H37N5O5S. The van der Waals surface area contributed by atoms with Gasteiger partial charge in [0, 0.05) is 24.8 Å². The first-order chi connectivity index (χ1) is 16.3. The van der Waals surface area contributed by atoms with Crippen molar-refractivity contribution in [3.63, 3.8) is 0 Å². The number of hydrogen-bond acceptors (Lipinski definition) is 7. The van der Waals surface area contributed by atoms with Gasteiger partial charge in [-0.3, -0.25) is 14.4 Å². The molecule has 35 heavy (non-hydrogen) atoms. The average Bonchev–Trinajstić information content (AvgIpc) is 3.38. The van der Waals surface area contributed by atoms with Gasteiger partial charge in [0.1, 0.15) is 5.75 Å². The fraction of sp³-hybridized carbons (Fsp3) is 0.625. The van der Waals surface area contributed by atoms with Crippen LogP contribution in [0, 0.1) is 11.3 Å². The van der Waals surface area contributed by atoms with Crippen molar-refractivity contribution < 1.29 is 22.8 Å². The van der Waals surface area contributed by atoms with E-state index >= 15 is 0 Å². The highest BCUT2D eigenvalue weighted by molar-refractivity contribution is 7.89. The van der Waals surface area contributed by atoms with Gasteiger partial charge >= 0.3 is 0 Å². The maximum absolute atomic E-state index is 13.4. The Morgan fingerprint density at radius 3 is 2.43 bits per heavy atom. The van der Waals surface area contributed by atoms with Gasteiger partial charge < -0.3 is 21.3 Å². The Bertz CT molecular complexity index is 1040. The SMILES string of the molecule is CNC(C)C(=O)NC(C(=O)CS(=O)(=O)N1CCC2NCC(C(=O)Nc3ccccc3)C21)C(C)(C)C. The van der Waals surface area contributed by atoms with Crippen LogP contribution >= 0.6 is 0 Å². The summed E-state index contributed by atoms with van der Waals surface area (Å²) in [5.41, 5.74) is -0.0425. The molecule has 5 atom stereocenters. The van der Waals surface area contributed by atoms with Gasteiger partial charge in [-0.25, -0.2) is 8.42 Å². The average molecular weight is 508 g/mol. The van der Waals surface area contributed by atoms with Crippen LogP contribution in [-0.4, -0.2) is 80.4 Å². The molecule has 11 heteroatoms. The highest BCUT2D eigenvalue weighted by atomic mass is 32.2. The predicted octanol–water partition coefficient (Wildman–Crippen LogP) is 0.325. The third-order valence-corrected chi connectivity index (χ3v) is 8.57. The second kappa shape index (κ2) is 10.7. The minimum absolute atomic E-state index is 0.152. The number of carbonyl (C=O) groups excluding carboxylic acids is 3. The molecule has 194 valence electrons. The molecule has 10 nitrogen and oxygen atoms in total. The number of sulfonamides is 1. The van der Waals surface area contributed by atoms with Gasteiger partial charge in [0.2, 0.25) is 21.8 Å². The van der Waals surface area contributed by atoms with Gasteiger partial charge in [-0.2, -0.15) is 4.31 Å². The Morgan fingerprint density at radius 2 is 1.83 bits per heavy atom. The Balaban J connectivity index is 1.75. The third-order valence-electron chi connectivity index (χ3n) is 6.78. The van der Waals surface area contributed by atoms with Crippen LogP contribution in [0.2, 0.25) is 0 Å². The second-order valence-corrected chi connectivity index (χ2v) is 12.3. The first-order valence-corrected chi connectivity index (χ1v) is 13.5. The third kappa shape index (κ3) is 6.27. The van der Waals surface area contributed by atoms with E-state index in [2.05, 4.69) is 21.3 Å². The molecule has 0 spiro atoms. The van der Waals surface area contributed by atoms with Crippen molar-refractivity contribution in [3.8, 4) is 0 Å². The molecule has 2 heterocycles. The summed E-state index contributed by atoms with van der Waals surface area (Å²) in [6.45, 7) is 7.59. The van der Waals surface area contributed by atoms with Crippen molar-refractivity contribution in [2.45, 2.75) is 58.3 Å². The first-order valence-electron chi connectivity index (χ1n) is 11.9. The van der Waals surface area contributed by atoms with E-state index in [0.29, 0.717) is 18.7 Å². The van der Waals surface area contributed by atoms with E-state index < -0.39 is 51.0 Å². The molecule has 0 aromatic heterocycles. The fourth-order valence-electron chi connectivity index (χ4n) is 4.74. The number of Topliss-reactive ketones (excluding diaryl/α,β-unsaturated/α-hetero) is 1. The number of para-hydroxylation sites is 1. The lowest BCUT2D eigenvalue weighted by Gasteiger charge is -2.32. The van der Waals surface area contributed by atoms with Crippen molar-refractivity contribution in [3.05, 3.63) is 30.3 Å². The van der Waals surface area contributed by atoms with Gasteiger partial charge in [-0.05, 0) is 37.9 Å². The number of nitrogens with one attached hydrogen (secondary N) is 4. The molecule has 2 amide bonds. The Hall–Kier alpha value is -2.34. The monoisotopic (exact) mass is 507 g/mol. The minimum atomic E-state index is -4.02. The van der Waals surface area contributed by atoms with Crippen molar-refractivity contribution in [1.29, 1.82) is 0 Å². The van der Waals surface area contributed by atoms with E-state index in [0.717, 1.165) is 0 Å². The van der Waals surface area contributed by atoms with Crippen LogP contribution in [0.1, 0.15) is 34.1 Å².